The third-order valence-corrected chi connectivity index (χ3v) is 3.34. The van der Waals surface area contributed by atoms with Gasteiger partial charge in [-0.1, -0.05) is 6.42 Å². The smallest absolute Gasteiger partial charge is 0.140 e. The lowest BCUT2D eigenvalue weighted by Gasteiger charge is -2.37. The first-order valence-electron chi connectivity index (χ1n) is 6.10. The molecule has 1 aliphatic rings. The van der Waals surface area contributed by atoms with Gasteiger partial charge in [0.1, 0.15) is 5.82 Å². The number of pyridine rings is 1. The van der Waals surface area contributed by atoms with E-state index in [4.69, 9.17) is 10.9 Å². The molecule has 5 heteroatoms. The van der Waals surface area contributed by atoms with Crippen LogP contribution in [0.3, 0.4) is 0 Å². The molecule has 0 atom stereocenters. The van der Waals surface area contributed by atoms with Crippen molar-refractivity contribution in [3.05, 3.63) is 23.9 Å². The summed E-state index contributed by atoms with van der Waals surface area (Å²) in [7, 11) is 0. The molecule has 1 heterocycles. The molecule has 94 valence electrons. The minimum absolute atomic E-state index is 0.212. The minimum atomic E-state index is 0.212. The number of hydrogen-bond donors (Lipinski definition) is 3. The van der Waals surface area contributed by atoms with Gasteiger partial charge in [-0.15, -0.1) is 0 Å². The summed E-state index contributed by atoms with van der Waals surface area (Å²) < 4.78 is 0. The average molecular weight is 236 g/mol. The number of hydrogen-bond acceptors (Lipinski definition) is 5. The summed E-state index contributed by atoms with van der Waals surface area (Å²) in [4.78, 5) is 6.42. The molecule has 4 N–H and O–H groups in total. The van der Waals surface area contributed by atoms with Crippen molar-refractivity contribution >= 4 is 5.82 Å². The maximum Gasteiger partial charge on any atom is 0.140 e. The van der Waals surface area contributed by atoms with E-state index in [1.54, 1.807) is 6.20 Å². The SMILES string of the molecule is NNc1cc(CN(CCO)C2CCC2)ccn1. The van der Waals surface area contributed by atoms with Crippen LogP contribution in [0.4, 0.5) is 5.82 Å². The number of nitrogens with one attached hydrogen (secondary N) is 1. The van der Waals surface area contributed by atoms with Gasteiger partial charge in [0.25, 0.3) is 0 Å². The van der Waals surface area contributed by atoms with E-state index in [2.05, 4.69) is 15.3 Å². The van der Waals surface area contributed by atoms with Gasteiger partial charge >= 0.3 is 0 Å². The van der Waals surface area contributed by atoms with E-state index in [-0.39, 0.29) is 6.61 Å². The minimum Gasteiger partial charge on any atom is -0.395 e. The first-order chi connectivity index (χ1) is 8.33. The first-order valence-corrected chi connectivity index (χ1v) is 6.10. The second kappa shape index (κ2) is 5.95. The van der Waals surface area contributed by atoms with Crippen molar-refractivity contribution in [1.82, 2.24) is 9.88 Å². The number of aromatic nitrogens is 1. The number of rotatable bonds is 6. The summed E-state index contributed by atoms with van der Waals surface area (Å²) in [5.41, 5.74) is 3.73. The molecule has 0 spiro atoms. The Morgan fingerprint density at radius 1 is 1.53 bits per heavy atom. The van der Waals surface area contributed by atoms with Gasteiger partial charge in [-0.25, -0.2) is 10.8 Å². The van der Waals surface area contributed by atoms with Crippen molar-refractivity contribution in [3.63, 3.8) is 0 Å². The summed E-state index contributed by atoms with van der Waals surface area (Å²) in [6.07, 6.45) is 5.54. The zero-order valence-electron chi connectivity index (χ0n) is 9.97. The average Bonchev–Trinajstić information content (AvgIpc) is 2.27. The van der Waals surface area contributed by atoms with Gasteiger partial charge in [-0.3, -0.25) is 4.90 Å². The van der Waals surface area contributed by atoms with Crippen molar-refractivity contribution in [1.29, 1.82) is 0 Å². The molecule has 17 heavy (non-hydrogen) atoms. The van der Waals surface area contributed by atoms with Crippen molar-refractivity contribution < 1.29 is 5.11 Å². The molecule has 0 bridgehead atoms. The van der Waals surface area contributed by atoms with Gasteiger partial charge in [0.2, 0.25) is 0 Å². The van der Waals surface area contributed by atoms with Crippen LogP contribution in [0.15, 0.2) is 18.3 Å². The van der Waals surface area contributed by atoms with Crippen LogP contribution >= 0.6 is 0 Å². The van der Waals surface area contributed by atoms with Gasteiger partial charge in [-0.05, 0) is 30.5 Å². The van der Waals surface area contributed by atoms with Crippen molar-refractivity contribution in [2.75, 3.05) is 18.6 Å². The lowest BCUT2D eigenvalue weighted by atomic mass is 9.91. The number of aliphatic hydroxyl groups is 1. The summed E-state index contributed by atoms with van der Waals surface area (Å²) in [6.45, 7) is 1.80. The molecule has 0 aliphatic heterocycles. The Hall–Kier alpha value is -1.17. The van der Waals surface area contributed by atoms with Gasteiger partial charge in [0.15, 0.2) is 0 Å². The van der Waals surface area contributed by atoms with E-state index < -0.39 is 0 Å². The van der Waals surface area contributed by atoms with E-state index >= 15 is 0 Å². The number of nitrogen functional groups attached to an aromatic ring is 1. The largest absolute Gasteiger partial charge is 0.395 e. The Kier molecular flexibility index (Phi) is 4.30. The fourth-order valence-corrected chi connectivity index (χ4v) is 2.16. The number of aliphatic hydroxyl groups excluding tert-OH is 1. The summed E-state index contributed by atoms with van der Waals surface area (Å²) >= 11 is 0. The van der Waals surface area contributed by atoms with E-state index in [1.807, 2.05) is 12.1 Å². The molecule has 0 saturated heterocycles. The highest BCUT2D eigenvalue weighted by atomic mass is 16.3. The predicted octanol–water partition coefficient (Wildman–Crippen LogP) is 0.714. The van der Waals surface area contributed by atoms with Crippen LogP contribution in [0.5, 0.6) is 0 Å². The summed E-state index contributed by atoms with van der Waals surface area (Å²) in [6, 6.07) is 4.57. The fourth-order valence-electron chi connectivity index (χ4n) is 2.16. The Labute approximate surface area is 102 Å². The topological polar surface area (TPSA) is 74.4 Å². The number of hydrazine groups is 1. The molecule has 0 amide bonds. The molecule has 5 nitrogen and oxygen atoms in total. The normalized spacial score (nSPS) is 15.9. The molecular weight excluding hydrogens is 216 g/mol. The van der Waals surface area contributed by atoms with Crippen LogP contribution in [0.2, 0.25) is 0 Å². The summed E-state index contributed by atoms with van der Waals surface area (Å²) in [5.74, 6) is 6.02. The highest BCUT2D eigenvalue weighted by molar-refractivity contribution is 5.35. The Morgan fingerprint density at radius 2 is 2.35 bits per heavy atom. The van der Waals surface area contributed by atoms with Crippen LogP contribution in [0, 0.1) is 0 Å². The maximum atomic E-state index is 9.10. The van der Waals surface area contributed by atoms with Crippen LogP contribution in [-0.4, -0.2) is 34.2 Å². The zero-order chi connectivity index (χ0) is 12.1. The van der Waals surface area contributed by atoms with Crippen molar-refractivity contribution in [2.24, 2.45) is 5.84 Å². The number of anilines is 1. The summed E-state index contributed by atoms with van der Waals surface area (Å²) in [5, 5.41) is 9.10. The van der Waals surface area contributed by atoms with Crippen LogP contribution < -0.4 is 11.3 Å². The molecule has 1 saturated carbocycles. The molecule has 1 aliphatic carbocycles. The molecule has 0 unspecified atom stereocenters. The van der Waals surface area contributed by atoms with E-state index in [0.29, 0.717) is 11.9 Å². The highest BCUT2D eigenvalue weighted by Gasteiger charge is 2.24. The number of nitrogens with zero attached hydrogens (tertiary/aromatic N) is 2. The van der Waals surface area contributed by atoms with Gasteiger partial charge in [0.05, 0.1) is 6.61 Å². The standard InChI is InChI=1S/C12H20N4O/c13-15-12-8-10(4-5-14-12)9-16(6-7-17)11-2-1-3-11/h4-5,8,11,17H,1-3,6-7,9,13H2,(H,14,15). The Balaban J connectivity index is 2.00. The highest BCUT2D eigenvalue weighted by Crippen LogP contribution is 2.26. The van der Waals surface area contributed by atoms with E-state index in [1.165, 1.54) is 24.8 Å². The second-order valence-corrected chi connectivity index (χ2v) is 4.47. The second-order valence-electron chi connectivity index (χ2n) is 4.47. The van der Waals surface area contributed by atoms with E-state index in [0.717, 1.165) is 13.1 Å². The predicted molar refractivity (Wildman–Crippen MR) is 67.2 cm³/mol. The van der Waals surface area contributed by atoms with Crippen LogP contribution in [0.25, 0.3) is 0 Å². The van der Waals surface area contributed by atoms with Gasteiger partial charge in [0, 0.05) is 25.3 Å². The van der Waals surface area contributed by atoms with Gasteiger partial charge < -0.3 is 10.5 Å². The Bertz CT molecular complexity index is 354. The monoisotopic (exact) mass is 236 g/mol. The van der Waals surface area contributed by atoms with Crippen LogP contribution in [-0.2, 0) is 6.54 Å². The third-order valence-electron chi connectivity index (χ3n) is 3.34. The molecule has 1 aromatic heterocycles. The van der Waals surface area contributed by atoms with Crippen molar-refractivity contribution in [3.8, 4) is 0 Å². The van der Waals surface area contributed by atoms with Crippen LogP contribution in [0.1, 0.15) is 24.8 Å². The zero-order valence-corrected chi connectivity index (χ0v) is 9.97. The quantitative estimate of drug-likeness (QED) is 0.501. The maximum absolute atomic E-state index is 9.10. The third kappa shape index (κ3) is 3.15. The Morgan fingerprint density at radius 3 is 2.94 bits per heavy atom. The van der Waals surface area contributed by atoms with Gasteiger partial charge in [-0.2, -0.15) is 0 Å². The lowest BCUT2D eigenvalue weighted by molar-refractivity contribution is 0.0945. The molecule has 1 fully saturated rings. The molecule has 2 rings (SSSR count). The molecular formula is C12H20N4O. The molecule has 0 radical (unpaired) electrons. The molecule has 0 aromatic carbocycles. The van der Waals surface area contributed by atoms with E-state index in [9.17, 15) is 0 Å². The van der Waals surface area contributed by atoms with Crippen molar-refractivity contribution in [2.45, 2.75) is 31.8 Å². The fraction of sp³-hybridized carbons (Fsp3) is 0.583. The first kappa shape index (κ1) is 12.3. The lowest BCUT2D eigenvalue weighted by Crippen LogP contribution is -2.41. The number of nitrogens with two attached hydrogens (primary N) is 1. The molecule has 1 aromatic rings.